The van der Waals surface area contributed by atoms with E-state index in [0.29, 0.717) is 19.0 Å². The molecule has 1 aliphatic rings. The van der Waals surface area contributed by atoms with Gasteiger partial charge in [-0.25, -0.2) is 13.1 Å². The van der Waals surface area contributed by atoms with Crippen LogP contribution in [-0.2, 0) is 21.2 Å². The van der Waals surface area contributed by atoms with Crippen LogP contribution in [0.15, 0.2) is 30.3 Å². The molecule has 6 nitrogen and oxygen atoms in total. The molecule has 0 bridgehead atoms. The lowest BCUT2D eigenvalue weighted by Crippen LogP contribution is -2.49. The molecule has 1 heterocycles. The number of rotatable bonds is 12. The van der Waals surface area contributed by atoms with Gasteiger partial charge >= 0.3 is 0 Å². The predicted molar refractivity (Wildman–Crippen MR) is 118 cm³/mol. The van der Waals surface area contributed by atoms with E-state index in [4.69, 9.17) is 0 Å². The maximum atomic E-state index is 12.7. The van der Waals surface area contributed by atoms with Gasteiger partial charge in [-0.05, 0) is 56.6 Å². The van der Waals surface area contributed by atoms with Gasteiger partial charge in [-0.15, -0.1) is 0 Å². The van der Waals surface area contributed by atoms with Gasteiger partial charge in [0.05, 0.1) is 12.3 Å². The van der Waals surface area contributed by atoms with Crippen molar-refractivity contribution in [3.63, 3.8) is 0 Å². The third-order valence-electron chi connectivity index (χ3n) is 5.29. The fourth-order valence-corrected chi connectivity index (χ4v) is 4.86. The van der Waals surface area contributed by atoms with Gasteiger partial charge in [-0.2, -0.15) is 0 Å². The zero-order chi connectivity index (χ0) is 21.3. The van der Waals surface area contributed by atoms with Gasteiger partial charge in [0.1, 0.15) is 0 Å². The Morgan fingerprint density at radius 3 is 2.59 bits per heavy atom. The summed E-state index contributed by atoms with van der Waals surface area (Å²) in [5.74, 6) is 0.457. The van der Waals surface area contributed by atoms with Crippen LogP contribution in [0.4, 0.5) is 0 Å². The maximum absolute atomic E-state index is 12.7. The molecule has 2 N–H and O–H groups in total. The van der Waals surface area contributed by atoms with Crippen molar-refractivity contribution in [1.29, 1.82) is 0 Å². The highest BCUT2D eigenvalue weighted by molar-refractivity contribution is 7.88. The average Bonchev–Trinajstić information content (AvgIpc) is 3.08. The van der Waals surface area contributed by atoms with Crippen molar-refractivity contribution in [3.05, 3.63) is 35.9 Å². The number of aryl methyl sites for hydroxylation is 1. The van der Waals surface area contributed by atoms with Crippen LogP contribution in [0.1, 0.15) is 51.5 Å². The summed E-state index contributed by atoms with van der Waals surface area (Å²) in [6.07, 6.45) is 6.80. The smallest absolute Gasteiger partial charge is 0.237 e. The first kappa shape index (κ1) is 23.8. The summed E-state index contributed by atoms with van der Waals surface area (Å²) in [6.45, 7) is 6.28. The first-order valence-electron chi connectivity index (χ1n) is 10.8. The minimum atomic E-state index is -3.27. The second kappa shape index (κ2) is 11.7. The van der Waals surface area contributed by atoms with Crippen LogP contribution in [0.5, 0.6) is 0 Å². The lowest BCUT2D eigenvalue weighted by molar-refractivity contribution is -0.125. The molecule has 0 unspecified atom stereocenters. The first-order chi connectivity index (χ1) is 13.7. The Hall–Kier alpha value is -1.44. The molecule has 1 amide bonds. The molecule has 1 aromatic carbocycles. The van der Waals surface area contributed by atoms with Crippen molar-refractivity contribution in [2.75, 3.05) is 25.9 Å². The Labute approximate surface area is 176 Å². The predicted octanol–water partition coefficient (Wildman–Crippen LogP) is 2.55. The molecule has 164 valence electrons. The van der Waals surface area contributed by atoms with Crippen molar-refractivity contribution >= 4 is 15.9 Å². The molecule has 2 rings (SSSR count). The lowest BCUT2D eigenvalue weighted by Gasteiger charge is -2.29. The number of nitrogens with one attached hydrogen (secondary N) is 2. The largest absolute Gasteiger partial charge is 0.355 e. The highest BCUT2D eigenvalue weighted by Crippen LogP contribution is 2.19. The monoisotopic (exact) mass is 423 g/mol. The molecule has 0 spiro atoms. The Balaban J connectivity index is 1.78. The molecule has 0 saturated carbocycles. The standard InChI is InChI=1S/C22H37N3O3S/c1-18(2)16-20(24-29(3,27)28)17-25-15-9-13-21(25)22(26)23-14-8-7-12-19-10-5-4-6-11-19/h4-6,10-11,18,20-21,24H,7-9,12-17H2,1-3H3,(H,23,26)/t20-,21-/m0/s1. The number of hydrogen-bond donors (Lipinski definition) is 2. The topological polar surface area (TPSA) is 78.5 Å². The van der Waals surface area contributed by atoms with Gasteiger partial charge < -0.3 is 5.32 Å². The first-order valence-corrected chi connectivity index (χ1v) is 12.7. The number of carbonyl (C=O) groups is 1. The highest BCUT2D eigenvalue weighted by atomic mass is 32.2. The molecule has 29 heavy (non-hydrogen) atoms. The zero-order valence-corrected chi connectivity index (χ0v) is 18.9. The van der Waals surface area contributed by atoms with Crippen LogP contribution >= 0.6 is 0 Å². The zero-order valence-electron chi connectivity index (χ0n) is 18.1. The highest BCUT2D eigenvalue weighted by Gasteiger charge is 2.32. The van der Waals surface area contributed by atoms with Crippen LogP contribution in [0.25, 0.3) is 0 Å². The number of benzene rings is 1. The van der Waals surface area contributed by atoms with E-state index in [1.807, 2.05) is 6.07 Å². The van der Waals surface area contributed by atoms with Crippen LogP contribution in [0.3, 0.4) is 0 Å². The van der Waals surface area contributed by atoms with Gasteiger partial charge in [0.2, 0.25) is 15.9 Å². The van der Waals surface area contributed by atoms with Gasteiger partial charge in [0.15, 0.2) is 0 Å². The number of carbonyl (C=O) groups excluding carboxylic acids is 1. The quantitative estimate of drug-likeness (QED) is 0.507. The third-order valence-corrected chi connectivity index (χ3v) is 6.05. The summed E-state index contributed by atoms with van der Waals surface area (Å²) < 4.78 is 26.2. The van der Waals surface area contributed by atoms with Crippen molar-refractivity contribution in [2.24, 2.45) is 5.92 Å². The summed E-state index contributed by atoms with van der Waals surface area (Å²) in [5, 5.41) is 3.08. The molecule has 0 radical (unpaired) electrons. The summed E-state index contributed by atoms with van der Waals surface area (Å²) in [6, 6.07) is 10.1. The van der Waals surface area contributed by atoms with E-state index in [1.54, 1.807) is 0 Å². The summed E-state index contributed by atoms with van der Waals surface area (Å²) in [7, 11) is -3.27. The molecule has 7 heteroatoms. The van der Waals surface area contributed by atoms with E-state index in [1.165, 1.54) is 11.8 Å². The number of likely N-dealkylation sites (tertiary alicyclic amines) is 1. The van der Waals surface area contributed by atoms with E-state index in [2.05, 4.69) is 53.1 Å². The van der Waals surface area contributed by atoms with Crippen LogP contribution < -0.4 is 10.0 Å². The Kier molecular flexibility index (Phi) is 9.59. The molecule has 0 aliphatic carbocycles. The average molecular weight is 424 g/mol. The second-order valence-corrected chi connectivity index (χ2v) is 10.4. The SMILES string of the molecule is CC(C)C[C@@H](CN1CCC[C@H]1C(=O)NCCCCc1ccccc1)NS(C)(=O)=O. The normalized spacial score (nSPS) is 18.8. The fraction of sp³-hybridized carbons (Fsp3) is 0.682. The number of hydrogen-bond acceptors (Lipinski definition) is 4. The Bertz CT molecular complexity index is 722. The molecule has 2 atom stereocenters. The summed E-state index contributed by atoms with van der Waals surface area (Å²) in [5.41, 5.74) is 1.33. The Morgan fingerprint density at radius 2 is 1.93 bits per heavy atom. The molecular weight excluding hydrogens is 386 g/mol. The van der Waals surface area contributed by atoms with Crippen molar-refractivity contribution < 1.29 is 13.2 Å². The molecule has 1 fully saturated rings. The van der Waals surface area contributed by atoms with Crippen LogP contribution in [0, 0.1) is 5.92 Å². The van der Waals surface area contributed by atoms with Crippen LogP contribution in [-0.4, -0.2) is 57.2 Å². The lowest BCUT2D eigenvalue weighted by atomic mass is 10.0. The second-order valence-electron chi connectivity index (χ2n) is 8.60. The minimum Gasteiger partial charge on any atom is -0.355 e. The fourth-order valence-electron chi connectivity index (χ4n) is 4.08. The van der Waals surface area contributed by atoms with Gasteiger partial charge in [-0.3, -0.25) is 9.69 Å². The molecule has 1 aromatic rings. The van der Waals surface area contributed by atoms with Gasteiger partial charge in [0.25, 0.3) is 0 Å². The summed E-state index contributed by atoms with van der Waals surface area (Å²) >= 11 is 0. The van der Waals surface area contributed by atoms with Crippen LogP contribution in [0.2, 0.25) is 0 Å². The van der Waals surface area contributed by atoms with Gasteiger partial charge in [-0.1, -0.05) is 44.2 Å². The van der Waals surface area contributed by atoms with E-state index >= 15 is 0 Å². The van der Waals surface area contributed by atoms with E-state index in [0.717, 1.165) is 45.1 Å². The molecular formula is C22H37N3O3S. The number of unbranched alkanes of at least 4 members (excludes halogenated alkanes) is 1. The van der Waals surface area contributed by atoms with Crippen molar-refractivity contribution in [1.82, 2.24) is 14.9 Å². The molecule has 1 aliphatic heterocycles. The van der Waals surface area contributed by atoms with E-state index < -0.39 is 10.0 Å². The maximum Gasteiger partial charge on any atom is 0.237 e. The molecule has 0 aromatic heterocycles. The van der Waals surface area contributed by atoms with E-state index in [9.17, 15) is 13.2 Å². The number of sulfonamides is 1. The number of nitrogens with zero attached hydrogens (tertiary/aromatic N) is 1. The van der Waals surface area contributed by atoms with Crippen molar-refractivity contribution in [2.45, 2.75) is 64.5 Å². The van der Waals surface area contributed by atoms with E-state index in [-0.39, 0.29) is 18.0 Å². The summed E-state index contributed by atoms with van der Waals surface area (Å²) in [4.78, 5) is 14.8. The molecule has 1 saturated heterocycles. The van der Waals surface area contributed by atoms with Crippen molar-refractivity contribution in [3.8, 4) is 0 Å². The number of amides is 1. The van der Waals surface area contributed by atoms with Gasteiger partial charge in [0, 0.05) is 19.1 Å². The third kappa shape index (κ3) is 9.28. The Morgan fingerprint density at radius 1 is 1.21 bits per heavy atom. The minimum absolute atomic E-state index is 0.0739.